The molecule has 196 valence electrons. The van der Waals surface area contributed by atoms with Crippen molar-refractivity contribution in [2.45, 2.75) is 60.3 Å². The highest BCUT2D eigenvalue weighted by molar-refractivity contribution is 5.34. The Balaban J connectivity index is 0.000000247. The van der Waals surface area contributed by atoms with Crippen LogP contribution in [-0.2, 0) is 6.42 Å². The molecule has 37 heavy (non-hydrogen) atoms. The van der Waals surface area contributed by atoms with E-state index in [0.717, 1.165) is 12.2 Å². The summed E-state index contributed by atoms with van der Waals surface area (Å²) in [5.74, 6) is 2.99. The highest BCUT2D eigenvalue weighted by atomic mass is 19.1. The van der Waals surface area contributed by atoms with Gasteiger partial charge in [0, 0.05) is 5.92 Å². The lowest BCUT2D eigenvalue weighted by Gasteiger charge is -2.21. The smallest absolute Gasteiger partial charge is 0.127 e. The second-order valence-electron chi connectivity index (χ2n) is 9.46. The fraction of sp³-hybridized carbons (Fsp3) is 0.314. The van der Waals surface area contributed by atoms with Gasteiger partial charge in [-0.3, -0.25) is 0 Å². The van der Waals surface area contributed by atoms with Crippen molar-refractivity contribution in [3.05, 3.63) is 132 Å². The summed E-state index contributed by atoms with van der Waals surface area (Å²) in [7, 11) is 0. The Labute approximate surface area is 224 Å². The Morgan fingerprint density at radius 1 is 0.622 bits per heavy atom. The molecule has 0 aliphatic rings. The van der Waals surface area contributed by atoms with Crippen LogP contribution in [0, 0.1) is 17.7 Å². The van der Waals surface area contributed by atoms with Crippen LogP contribution in [-0.4, -0.2) is 0 Å². The predicted octanol–water partition coefficient (Wildman–Crippen LogP) is 10.7. The van der Waals surface area contributed by atoms with Crippen LogP contribution in [0.25, 0.3) is 0 Å². The summed E-state index contributed by atoms with van der Waals surface area (Å²) in [6, 6.07) is 35.6. The summed E-state index contributed by atoms with van der Waals surface area (Å²) in [5.41, 5.74) is 4.13. The number of ether oxygens (including phenoxy) is 1. The number of hydrogen-bond acceptors (Lipinski definition) is 1. The number of halogens is 1. The lowest BCUT2D eigenvalue weighted by Crippen LogP contribution is -2.08. The summed E-state index contributed by atoms with van der Waals surface area (Å²) >= 11 is 0. The van der Waals surface area contributed by atoms with Crippen LogP contribution in [0.5, 0.6) is 11.5 Å². The van der Waals surface area contributed by atoms with Crippen LogP contribution in [0.1, 0.15) is 70.6 Å². The Kier molecular flexibility index (Phi) is 13.2. The molecule has 1 atom stereocenters. The molecule has 2 heteroatoms. The summed E-state index contributed by atoms with van der Waals surface area (Å²) < 4.78 is 18.4. The molecule has 0 fully saturated rings. The molecule has 1 unspecified atom stereocenters. The molecule has 0 radical (unpaired) electrons. The first-order chi connectivity index (χ1) is 18.0. The van der Waals surface area contributed by atoms with Crippen LogP contribution in [0.3, 0.4) is 0 Å². The largest absolute Gasteiger partial charge is 0.457 e. The molecular weight excluding hydrogens is 455 g/mol. The van der Waals surface area contributed by atoms with E-state index in [1.54, 1.807) is 12.1 Å². The van der Waals surface area contributed by atoms with Crippen LogP contribution >= 0.6 is 0 Å². The molecule has 0 aliphatic carbocycles. The van der Waals surface area contributed by atoms with Crippen molar-refractivity contribution in [1.82, 2.24) is 0 Å². The van der Waals surface area contributed by atoms with Crippen LogP contribution < -0.4 is 4.74 Å². The molecular formula is C35H43FO. The Morgan fingerprint density at radius 2 is 1.05 bits per heavy atom. The van der Waals surface area contributed by atoms with E-state index in [0.29, 0.717) is 23.5 Å². The average molecular weight is 499 g/mol. The molecule has 0 spiro atoms. The molecule has 0 heterocycles. The monoisotopic (exact) mass is 498 g/mol. The van der Waals surface area contributed by atoms with Crippen molar-refractivity contribution in [1.29, 1.82) is 0 Å². The molecule has 0 N–H and O–H groups in total. The van der Waals surface area contributed by atoms with E-state index < -0.39 is 0 Å². The van der Waals surface area contributed by atoms with E-state index in [9.17, 15) is 4.39 Å². The summed E-state index contributed by atoms with van der Waals surface area (Å²) in [6.45, 7) is 13.0. The van der Waals surface area contributed by atoms with E-state index >= 15 is 0 Å². The SMILES string of the molecule is CC.CC(C)C(c1ccccc1)c1ccccc1.CCC(C)Cc1ccc(Oc2ccc(F)cc2)cc1. The minimum absolute atomic E-state index is 0.253. The summed E-state index contributed by atoms with van der Waals surface area (Å²) in [4.78, 5) is 0. The van der Waals surface area contributed by atoms with E-state index in [-0.39, 0.29) is 5.82 Å². The number of benzene rings is 4. The molecule has 4 rings (SSSR count). The quantitative estimate of drug-likeness (QED) is 0.235. The van der Waals surface area contributed by atoms with Gasteiger partial charge in [-0.2, -0.15) is 0 Å². The maximum Gasteiger partial charge on any atom is 0.127 e. The van der Waals surface area contributed by atoms with E-state index in [4.69, 9.17) is 4.74 Å². The Bertz CT molecular complexity index is 1060. The Morgan fingerprint density at radius 3 is 1.46 bits per heavy atom. The fourth-order valence-electron chi connectivity index (χ4n) is 4.16. The van der Waals surface area contributed by atoms with Gasteiger partial charge >= 0.3 is 0 Å². The zero-order chi connectivity index (χ0) is 27.0. The highest BCUT2D eigenvalue weighted by Gasteiger charge is 2.17. The molecule has 4 aromatic rings. The van der Waals surface area contributed by atoms with Gasteiger partial charge in [-0.25, -0.2) is 4.39 Å². The van der Waals surface area contributed by atoms with Crippen LogP contribution in [0.2, 0.25) is 0 Å². The molecule has 0 aromatic heterocycles. The van der Waals surface area contributed by atoms with Gasteiger partial charge in [0.25, 0.3) is 0 Å². The average Bonchev–Trinajstić information content (AvgIpc) is 2.93. The molecule has 0 aliphatic heterocycles. The van der Waals surface area contributed by atoms with E-state index in [1.807, 2.05) is 26.0 Å². The van der Waals surface area contributed by atoms with Gasteiger partial charge in [-0.1, -0.05) is 121 Å². The van der Waals surface area contributed by atoms with E-state index in [1.165, 1.54) is 35.2 Å². The summed E-state index contributed by atoms with van der Waals surface area (Å²) in [5, 5.41) is 0. The predicted molar refractivity (Wildman–Crippen MR) is 157 cm³/mol. The number of rotatable bonds is 8. The first-order valence-electron chi connectivity index (χ1n) is 13.6. The molecule has 1 nitrogen and oxygen atoms in total. The minimum Gasteiger partial charge on any atom is -0.457 e. The van der Waals surface area contributed by atoms with Gasteiger partial charge in [0.2, 0.25) is 0 Å². The van der Waals surface area contributed by atoms with Crippen molar-refractivity contribution >= 4 is 0 Å². The fourth-order valence-corrected chi connectivity index (χ4v) is 4.16. The van der Waals surface area contributed by atoms with Gasteiger partial charge < -0.3 is 4.74 Å². The zero-order valence-electron chi connectivity index (χ0n) is 23.3. The third-order valence-corrected chi connectivity index (χ3v) is 6.24. The lowest BCUT2D eigenvalue weighted by atomic mass is 9.83. The molecule has 0 amide bonds. The van der Waals surface area contributed by atoms with Crippen molar-refractivity contribution in [3.8, 4) is 11.5 Å². The maximum atomic E-state index is 12.8. The summed E-state index contributed by atoms with van der Waals surface area (Å²) in [6.07, 6.45) is 2.28. The second kappa shape index (κ2) is 16.4. The highest BCUT2D eigenvalue weighted by Crippen LogP contribution is 2.31. The third-order valence-electron chi connectivity index (χ3n) is 6.24. The van der Waals surface area contributed by atoms with Gasteiger partial charge in [0.05, 0.1) is 0 Å². The van der Waals surface area contributed by atoms with Gasteiger partial charge in [-0.05, 0) is 71.3 Å². The van der Waals surface area contributed by atoms with Crippen molar-refractivity contribution < 1.29 is 9.13 Å². The van der Waals surface area contributed by atoms with Crippen molar-refractivity contribution in [2.75, 3.05) is 0 Å². The zero-order valence-corrected chi connectivity index (χ0v) is 23.3. The molecule has 0 saturated carbocycles. The number of hydrogen-bond donors (Lipinski definition) is 0. The van der Waals surface area contributed by atoms with Crippen LogP contribution in [0.4, 0.5) is 4.39 Å². The first-order valence-corrected chi connectivity index (χ1v) is 13.6. The standard InChI is InChI=1S/C17H19FO.C16H18.C2H6/c1-3-13(2)12-14-4-8-16(9-5-14)19-17-10-6-15(18)7-11-17;1-13(2)16(14-9-5-3-6-10-14)15-11-7-4-8-12-15;1-2/h4-11,13H,3,12H2,1-2H3;3-13,16H,1-2H3;1-2H3. The van der Waals surface area contributed by atoms with Crippen LogP contribution in [0.15, 0.2) is 109 Å². The lowest BCUT2D eigenvalue weighted by molar-refractivity contribution is 0.480. The van der Waals surface area contributed by atoms with Gasteiger partial charge in [-0.15, -0.1) is 0 Å². The van der Waals surface area contributed by atoms with E-state index in [2.05, 4.69) is 100 Å². The molecule has 4 aromatic carbocycles. The normalized spacial score (nSPS) is 11.2. The molecule has 0 bridgehead atoms. The van der Waals surface area contributed by atoms with Gasteiger partial charge in [0.15, 0.2) is 0 Å². The van der Waals surface area contributed by atoms with Gasteiger partial charge in [0.1, 0.15) is 17.3 Å². The topological polar surface area (TPSA) is 9.23 Å². The maximum absolute atomic E-state index is 12.8. The van der Waals surface area contributed by atoms with Crippen molar-refractivity contribution in [2.24, 2.45) is 11.8 Å². The first kappa shape index (κ1) is 29.8. The molecule has 0 saturated heterocycles. The van der Waals surface area contributed by atoms with Crippen molar-refractivity contribution in [3.63, 3.8) is 0 Å². The Hall–Kier alpha value is -3.39. The minimum atomic E-state index is -0.253. The third kappa shape index (κ3) is 10.2. The second-order valence-corrected chi connectivity index (χ2v) is 9.46.